The van der Waals surface area contributed by atoms with Crippen LogP contribution in [0.25, 0.3) is 10.9 Å². The van der Waals surface area contributed by atoms with Gasteiger partial charge in [0.25, 0.3) is 0 Å². The number of sulfonamides is 1. The quantitative estimate of drug-likeness (QED) is 0.886. The van der Waals surface area contributed by atoms with E-state index in [1.165, 1.54) is 6.07 Å². The summed E-state index contributed by atoms with van der Waals surface area (Å²) < 4.78 is 27.3. The maximum atomic E-state index is 12.5. The van der Waals surface area contributed by atoms with Crippen molar-refractivity contribution in [3.8, 4) is 0 Å². The van der Waals surface area contributed by atoms with Crippen LogP contribution in [0.5, 0.6) is 0 Å². The molecule has 0 saturated carbocycles. The van der Waals surface area contributed by atoms with Crippen LogP contribution in [0.2, 0.25) is 0 Å². The number of nitrogens with one attached hydrogen (secondary N) is 1. The van der Waals surface area contributed by atoms with Crippen molar-refractivity contribution in [2.24, 2.45) is 5.92 Å². The zero-order valence-electron chi connectivity index (χ0n) is 11.9. The number of nitrogens with zero attached hydrogens (tertiary/aromatic N) is 1. The average molecular weight is 305 g/mol. The molecule has 21 heavy (non-hydrogen) atoms. The first-order chi connectivity index (χ1) is 9.94. The van der Waals surface area contributed by atoms with Gasteiger partial charge in [0.2, 0.25) is 16.3 Å². The summed E-state index contributed by atoms with van der Waals surface area (Å²) in [7, 11) is -3.82. The van der Waals surface area contributed by atoms with Crippen LogP contribution in [0, 0.1) is 5.92 Å². The second-order valence-electron chi connectivity index (χ2n) is 5.25. The van der Waals surface area contributed by atoms with Crippen LogP contribution in [0.15, 0.2) is 41.4 Å². The van der Waals surface area contributed by atoms with Gasteiger partial charge in [0.05, 0.1) is 11.6 Å². The summed E-state index contributed by atoms with van der Waals surface area (Å²) in [5, 5.41) is 0.732. The molecule has 5 nitrogen and oxygen atoms in total. The topological polar surface area (TPSA) is 76.1 Å². The second-order valence-corrected chi connectivity index (χ2v) is 6.93. The number of hydrogen-bond donors (Lipinski definition) is 1. The fraction of sp³-hybridized carbons (Fsp3) is 0.333. The summed E-state index contributed by atoms with van der Waals surface area (Å²) in [4.78, 5) is 15.1. The molecule has 0 amide bonds. The van der Waals surface area contributed by atoms with Crippen LogP contribution >= 0.6 is 0 Å². The Bertz CT molecular complexity index is 736. The highest BCUT2D eigenvalue weighted by Crippen LogP contribution is 2.21. The summed E-state index contributed by atoms with van der Waals surface area (Å²) in [6.45, 7) is 3.83. The van der Waals surface area contributed by atoms with Crippen LogP contribution in [-0.4, -0.2) is 25.7 Å². The van der Waals surface area contributed by atoms with E-state index >= 15 is 0 Å². The van der Waals surface area contributed by atoms with Crippen molar-refractivity contribution in [2.75, 3.05) is 0 Å². The van der Waals surface area contributed by atoms with E-state index in [2.05, 4.69) is 9.71 Å². The lowest BCUT2D eigenvalue weighted by Gasteiger charge is -2.15. The summed E-state index contributed by atoms with van der Waals surface area (Å²) in [5.41, 5.74) is 0.390. The molecule has 1 radical (unpaired) electrons. The number of aromatic nitrogens is 1. The maximum absolute atomic E-state index is 12.5. The van der Waals surface area contributed by atoms with Gasteiger partial charge in [-0.1, -0.05) is 32.0 Å². The van der Waals surface area contributed by atoms with E-state index in [1.807, 2.05) is 13.8 Å². The Balaban J connectivity index is 2.40. The first-order valence-electron chi connectivity index (χ1n) is 6.68. The molecule has 1 aromatic carbocycles. The van der Waals surface area contributed by atoms with Gasteiger partial charge in [0, 0.05) is 11.6 Å². The Hall–Kier alpha value is -1.79. The first-order valence-corrected chi connectivity index (χ1v) is 8.16. The maximum Gasteiger partial charge on any atom is 0.243 e. The molecule has 0 fully saturated rings. The fourth-order valence-corrected chi connectivity index (χ4v) is 3.46. The van der Waals surface area contributed by atoms with E-state index in [1.54, 1.807) is 36.7 Å². The van der Waals surface area contributed by atoms with Gasteiger partial charge in [-0.05, 0) is 24.5 Å². The Kier molecular flexibility index (Phi) is 4.69. The van der Waals surface area contributed by atoms with Crippen molar-refractivity contribution < 1.29 is 13.2 Å². The van der Waals surface area contributed by atoms with Gasteiger partial charge in [0.15, 0.2) is 0 Å². The van der Waals surface area contributed by atoms with Crippen molar-refractivity contribution >= 4 is 27.2 Å². The first kappa shape index (κ1) is 15.6. The molecule has 0 unspecified atom stereocenters. The third-order valence-electron chi connectivity index (χ3n) is 3.03. The predicted molar refractivity (Wildman–Crippen MR) is 81.0 cm³/mol. The molecule has 0 aliphatic carbocycles. The highest BCUT2D eigenvalue weighted by molar-refractivity contribution is 7.89. The Morgan fingerprint density at radius 3 is 2.62 bits per heavy atom. The standard InChI is InChI=1S/C15H17N2O3S/c1-11(2)9-13(10-18)17-21(19,20)14-7-3-5-12-6-4-8-16-15(12)14/h3-8,11,13,17H,9H2,1-2H3/t13-/m0/s1. The van der Waals surface area contributed by atoms with Crippen LogP contribution in [0.1, 0.15) is 20.3 Å². The molecular weight excluding hydrogens is 288 g/mol. The lowest BCUT2D eigenvalue weighted by atomic mass is 10.1. The predicted octanol–water partition coefficient (Wildman–Crippen LogP) is 2.04. The zero-order valence-corrected chi connectivity index (χ0v) is 12.7. The SMILES string of the molecule is CC(C)C[C@@H]([C]=O)NS(=O)(=O)c1cccc2cccnc12. The van der Waals surface area contributed by atoms with Crippen LogP contribution in [0.4, 0.5) is 0 Å². The number of fused-ring (bicyclic) bond motifs is 1. The lowest BCUT2D eigenvalue weighted by molar-refractivity contribution is 0.483. The minimum Gasteiger partial charge on any atom is -0.289 e. The van der Waals surface area contributed by atoms with Gasteiger partial charge in [0.1, 0.15) is 4.90 Å². The highest BCUT2D eigenvalue weighted by atomic mass is 32.2. The van der Waals surface area contributed by atoms with Crippen LogP contribution in [-0.2, 0) is 14.8 Å². The number of pyridine rings is 1. The third-order valence-corrected chi connectivity index (χ3v) is 4.54. The number of rotatable bonds is 6. The van der Waals surface area contributed by atoms with Crippen molar-refractivity contribution in [1.29, 1.82) is 0 Å². The molecule has 2 aromatic rings. The van der Waals surface area contributed by atoms with Crippen LogP contribution in [0.3, 0.4) is 0 Å². The minimum absolute atomic E-state index is 0.0737. The van der Waals surface area contributed by atoms with Gasteiger partial charge < -0.3 is 0 Å². The van der Waals surface area contributed by atoms with E-state index in [9.17, 15) is 13.2 Å². The zero-order chi connectivity index (χ0) is 15.5. The smallest absolute Gasteiger partial charge is 0.243 e. The van der Waals surface area contributed by atoms with Crippen molar-refractivity contribution in [3.63, 3.8) is 0 Å². The van der Waals surface area contributed by atoms with Gasteiger partial charge in [-0.2, -0.15) is 0 Å². The Morgan fingerprint density at radius 1 is 1.24 bits per heavy atom. The second kappa shape index (κ2) is 6.32. The number of para-hydroxylation sites is 1. The van der Waals surface area contributed by atoms with E-state index in [0.717, 1.165) is 5.39 Å². The summed E-state index contributed by atoms with van der Waals surface area (Å²) in [6.07, 6.45) is 3.69. The molecule has 0 aliphatic rings. The molecule has 1 heterocycles. The van der Waals surface area contributed by atoms with Gasteiger partial charge in [-0.15, -0.1) is 0 Å². The summed E-state index contributed by atoms with van der Waals surface area (Å²) in [5.74, 6) is 0.185. The van der Waals surface area contributed by atoms with Crippen molar-refractivity contribution in [2.45, 2.75) is 31.2 Å². The molecule has 0 spiro atoms. The lowest BCUT2D eigenvalue weighted by Crippen LogP contribution is -2.37. The largest absolute Gasteiger partial charge is 0.289 e. The Labute approximate surface area is 124 Å². The van der Waals surface area contributed by atoms with Crippen LogP contribution < -0.4 is 4.72 Å². The summed E-state index contributed by atoms with van der Waals surface area (Å²) >= 11 is 0. The van der Waals surface area contributed by atoms with E-state index in [0.29, 0.717) is 11.9 Å². The van der Waals surface area contributed by atoms with E-state index < -0.39 is 16.1 Å². The summed E-state index contributed by atoms with van der Waals surface area (Å²) in [6, 6.07) is 7.61. The van der Waals surface area contributed by atoms with Crippen molar-refractivity contribution in [3.05, 3.63) is 36.5 Å². The van der Waals surface area contributed by atoms with Gasteiger partial charge >= 0.3 is 0 Å². The molecule has 0 aliphatic heterocycles. The third kappa shape index (κ3) is 3.65. The van der Waals surface area contributed by atoms with E-state index in [-0.39, 0.29) is 10.8 Å². The molecule has 1 atom stereocenters. The molecule has 1 N–H and O–H groups in total. The fourth-order valence-electron chi connectivity index (χ4n) is 2.14. The van der Waals surface area contributed by atoms with Gasteiger partial charge in [-0.25, -0.2) is 13.1 Å². The van der Waals surface area contributed by atoms with Crippen molar-refractivity contribution in [1.82, 2.24) is 9.71 Å². The highest BCUT2D eigenvalue weighted by Gasteiger charge is 2.23. The molecule has 111 valence electrons. The molecule has 1 aromatic heterocycles. The van der Waals surface area contributed by atoms with E-state index in [4.69, 9.17) is 0 Å². The van der Waals surface area contributed by atoms with Gasteiger partial charge in [-0.3, -0.25) is 9.78 Å². The molecule has 6 heteroatoms. The molecule has 2 rings (SSSR count). The number of carbonyl (C=O) groups excluding carboxylic acids is 1. The molecular formula is C15H17N2O3S. The number of hydrogen-bond acceptors (Lipinski definition) is 4. The Morgan fingerprint density at radius 2 is 1.95 bits per heavy atom. The molecule has 0 bridgehead atoms. The molecule has 0 saturated heterocycles. The normalized spacial score (nSPS) is 13.5. The monoisotopic (exact) mass is 305 g/mol. The number of benzene rings is 1. The average Bonchev–Trinajstić information content (AvgIpc) is 2.45. The minimum atomic E-state index is -3.82.